The number of aromatic nitrogens is 1. The summed E-state index contributed by atoms with van der Waals surface area (Å²) in [5.74, 6) is -1.01. The van der Waals surface area contributed by atoms with Crippen molar-refractivity contribution in [3.05, 3.63) is 82.5 Å². The van der Waals surface area contributed by atoms with E-state index in [4.69, 9.17) is 5.26 Å². The van der Waals surface area contributed by atoms with Crippen LogP contribution in [0, 0.1) is 23.7 Å². The summed E-state index contributed by atoms with van der Waals surface area (Å²) in [6.07, 6.45) is 3.08. The SMILES string of the molecule is Cc1ncsc1-c1ccc(CNC(=O)[C@@H]2C[C@@H](O)CN2C(=O)[C@@H](NC(=O)CCc2ccc(C=CC#N)cc2)C(C)(C)C)cc1. The first kappa shape index (κ1) is 32.6. The smallest absolute Gasteiger partial charge is 0.246 e. The first-order valence-electron chi connectivity index (χ1n) is 14.7. The molecule has 3 aromatic rings. The lowest BCUT2D eigenvalue weighted by Gasteiger charge is -2.35. The minimum absolute atomic E-state index is 0.0227. The highest BCUT2D eigenvalue weighted by Crippen LogP contribution is 2.28. The van der Waals surface area contributed by atoms with Crippen molar-refractivity contribution in [1.29, 1.82) is 5.26 Å². The van der Waals surface area contributed by atoms with Crippen LogP contribution in [0.2, 0.25) is 0 Å². The van der Waals surface area contributed by atoms with Gasteiger partial charge in [-0.15, -0.1) is 11.3 Å². The standard InChI is InChI=1S/C34H39N5O4S/c1-22-30(44-21-37-22)26-14-11-25(12-15-26)19-36-32(42)28-18-27(40)20-39(28)33(43)31(34(2,3)4)38-29(41)16-13-24-9-7-23(8-10-24)6-5-17-35/h5-12,14-15,21,27-28,31,40H,13,16,18-20H2,1-4H3,(H,36,42)(H,38,41)/t27-,28+,31-/m1/s1. The molecule has 1 aliphatic rings. The third kappa shape index (κ3) is 8.40. The molecule has 9 nitrogen and oxygen atoms in total. The molecule has 1 saturated heterocycles. The van der Waals surface area contributed by atoms with Crippen molar-refractivity contribution in [2.45, 2.75) is 71.7 Å². The van der Waals surface area contributed by atoms with Gasteiger partial charge in [-0.25, -0.2) is 4.98 Å². The van der Waals surface area contributed by atoms with Crippen molar-refractivity contribution < 1.29 is 19.5 Å². The van der Waals surface area contributed by atoms with Crippen LogP contribution in [0.3, 0.4) is 0 Å². The molecule has 2 heterocycles. The fraction of sp³-hybridized carbons (Fsp3) is 0.382. The van der Waals surface area contributed by atoms with Crippen molar-refractivity contribution in [3.8, 4) is 16.5 Å². The number of thiazole rings is 1. The van der Waals surface area contributed by atoms with Crippen LogP contribution in [0.15, 0.2) is 60.1 Å². The molecule has 230 valence electrons. The molecule has 0 bridgehead atoms. The number of aliphatic hydroxyl groups is 1. The van der Waals surface area contributed by atoms with Crippen molar-refractivity contribution >= 4 is 35.1 Å². The highest BCUT2D eigenvalue weighted by molar-refractivity contribution is 7.13. The number of allylic oxidation sites excluding steroid dienone is 1. The topological polar surface area (TPSA) is 135 Å². The molecule has 44 heavy (non-hydrogen) atoms. The van der Waals surface area contributed by atoms with Gasteiger partial charge in [-0.1, -0.05) is 69.3 Å². The number of β-amino-alcohol motifs (C(OH)–C–C–N with tert-alkyl or cyclic N) is 1. The van der Waals surface area contributed by atoms with Gasteiger partial charge < -0.3 is 20.6 Å². The number of nitriles is 1. The molecular weight excluding hydrogens is 574 g/mol. The first-order valence-corrected chi connectivity index (χ1v) is 15.5. The van der Waals surface area contributed by atoms with Gasteiger partial charge in [0.05, 0.1) is 28.3 Å². The van der Waals surface area contributed by atoms with Gasteiger partial charge in [0.1, 0.15) is 12.1 Å². The quantitative estimate of drug-likeness (QED) is 0.290. The van der Waals surface area contributed by atoms with Gasteiger partial charge in [0.2, 0.25) is 17.7 Å². The van der Waals surface area contributed by atoms with Gasteiger partial charge in [-0.2, -0.15) is 5.26 Å². The predicted molar refractivity (Wildman–Crippen MR) is 171 cm³/mol. The third-order valence-corrected chi connectivity index (χ3v) is 8.66. The van der Waals surface area contributed by atoms with E-state index in [1.165, 1.54) is 11.0 Å². The molecule has 10 heteroatoms. The van der Waals surface area contributed by atoms with E-state index in [1.807, 2.05) is 87.8 Å². The average molecular weight is 614 g/mol. The van der Waals surface area contributed by atoms with E-state index >= 15 is 0 Å². The lowest BCUT2D eigenvalue weighted by atomic mass is 9.85. The Hall–Kier alpha value is -4.33. The van der Waals surface area contributed by atoms with Crippen molar-refractivity contribution in [3.63, 3.8) is 0 Å². The summed E-state index contributed by atoms with van der Waals surface area (Å²) in [6.45, 7) is 7.86. The number of aryl methyl sites for hydroxylation is 2. The van der Waals surface area contributed by atoms with E-state index in [-0.39, 0.29) is 43.7 Å². The lowest BCUT2D eigenvalue weighted by molar-refractivity contribution is -0.144. The Morgan fingerprint density at radius 3 is 2.43 bits per heavy atom. The van der Waals surface area contributed by atoms with E-state index in [0.29, 0.717) is 6.42 Å². The minimum atomic E-state index is -0.878. The highest BCUT2D eigenvalue weighted by atomic mass is 32.1. The van der Waals surface area contributed by atoms with Crippen molar-refractivity contribution in [2.75, 3.05) is 6.54 Å². The maximum atomic E-state index is 13.8. The molecule has 3 amide bonds. The fourth-order valence-corrected chi connectivity index (χ4v) is 6.01. The second-order valence-corrected chi connectivity index (χ2v) is 13.0. The van der Waals surface area contributed by atoms with Gasteiger partial charge in [-0.05, 0) is 47.1 Å². The van der Waals surface area contributed by atoms with Crippen LogP contribution < -0.4 is 10.6 Å². The number of hydrogen-bond acceptors (Lipinski definition) is 7. The number of hydrogen-bond donors (Lipinski definition) is 3. The molecule has 1 fully saturated rings. The van der Waals surface area contributed by atoms with Crippen LogP contribution in [-0.4, -0.2) is 57.4 Å². The van der Waals surface area contributed by atoms with Crippen LogP contribution in [0.4, 0.5) is 0 Å². The molecule has 0 aliphatic carbocycles. The van der Waals surface area contributed by atoms with Crippen LogP contribution in [0.25, 0.3) is 16.5 Å². The Morgan fingerprint density at radius 2 is 1.82 bits per heavy atom. The third-order valence-electron chi connectivity index (χ3n) is 7.68. The number of nitrogens with zero attached hydrogens (tertiary/aromatic N) is 3. The molecule has 0 unspecified atom stereocenters. The van der Waals surface area contributed by atoms with Crippen LogP contribution in [-0.2, 0) is 27.3 Å². The van der Waals surface area contributed by atoms with E-state index < -0.39 is 23.6 Å². The maximum absolute atomic E-state index is 13.8. The normalized spacial score (nSPS) is 17.3. The molecule has 0 saturated carbocycles. The van der Waals surface area contributed by atoms with E-state index in [1.54, 1.807) is 17.4 Å². The van der Waals surface area contributed by atoms with Crippen LogP contribution in [0.1, 0.15) is 56.0 Å². The molecule has 0 spiro atoms. The van der Waals surface area contributed by atoms with Crippen molar-refractivity contribution in [1.82, 2.24) is 20.5 Å². The molecule has 1 aromatic heterocycles. The summed E-state index contributed by atoms with van der Waals surface area (Å²) >= 11 is 1.58. The average Bonchev–Trinajstić information content (AvgIpc) is 3.61. The van der Waals surface area contributed by atoms with Crippen LogP contribution in [0.5, 0.6) is 0 Å². The number of likely N-dealkylation sites (tertiary alicyclic amines) is 1. The molecule has 4 rings (SSSR count). The molecular formula is C34H39N5O4S. The predicted octanol–water partition coefficient (Wildman–Crippen LogP) is 4.40. The Balaban J connectivity index is 1.36. The van der Waals surface area contributed by atoms with Gasteiger partial charge >= 0.3 is 0 Å². The number of amides is 3. The monoisotopic (exact) mass is 613 g/mol. The number of rotatable bonds is 10. The Bertz CT molecular complexity index is 1530. The Labute approximate surface area is 262 Å². The maximum Gasteiger partial charge on any atom is 0.246 e. The molecule has 2 aromatic carbocycles. The lowest BCUT2D eigenvalue weighted by Crippen LogP contribution is -2.57. The van der Waals surface area contributed by atoms with Gasteiger partial charge in [-0.3, -0.25) is 14.4 Å². The second kappa shape index (κ2) is 14.4. The van der Waals surface area contributed by atoms with Gasteiger partial charge in [0.15, 0.2) is 0 Å². The van der Waals surface area contributed by atoms with E-state index in [9.17, 15) is 19.5 Å². The zero-order valence-corrected chi connectivity index (χ0v) is 26.4. The molecule has 0 radical (unpaired) electrons. The molecule has 1 aliphatic heterocycles. The minimum Gasteiger partial charge on any atom is -0.391 e. The summed E-state index contributed by atoms with van der Waals surface area (Å²) in [4.78, 5) is 46.9. The van der Waals surface area contributed by atoms with Gasteiger partial charge in [0.25, 0.3) is 0 Å². The van der Waals surface area contributed by atoms with E-state index in [0.717, 1.165) is 32.8 Å². The van der Waals surface area contributed by atoms with Crippen LogP contribution >= 0.6 is 11.3 Å². The summed E-state index contributed by atoms with van der Waals surface area (Å²) in [6, 6.07) is 15.7. The number of nitrogens with one attached hydrogen (secondary N) is 2. The first-order chi connectivity index (χ1) is 21.0. The van der Waals surface area contributed by atoms with Crippen molar-refractivity contribution in [2.24, 2.45) is 5.41 Å². The summed E-state index contributed by atoms with van der Waals surface area (Å²) in [5.41, 5.74) is 5.98. The molecule has 3 N–H and O–H groups in total. The summed E-state index contributed by atoms with van der Waals surface area (Å²) < 4.78 is 0. The zero-order valence-electron chi connectivity index (χ0n) is 25.5. The zero-order chi connectivity index (χ0) is 31.9. The molecule has 3 atom stereocenters. The number of aliphatic hydroxyl groups excluding tert-OH is 1. The largest absolute Gasteiger partial charge is 0.391 e. The summed E-state index contributed by atoms with van der Waals surface area (Å²) in [5, 5.41) is 25.0. The second-order valence-electron chi connectivity index (χ2n) is 12.1. The Kier molecular flexibility index (Phi) is 10.7. The highest BCUT2D eigenvalue weighted by Gasteiger charge is 2.44. The summed E-state index contributed by atoms with van der Waals surface area (Å²) in [7, 11) is 0. The number of carbonyl (C=O) groups is 3. The fourth-order valence-electron chi connectivity index (χ4n) is 5.20. The number of carbonyl (C=O) groups excluding carboxylic acids is 3. The Morgan fingerprint density at radius 1 is 1.14 bits per heavy atom. The number of benzene rings is 2. The van der Waals surface area contributed by atoms with Gasteiger partial charge in [0, 0.05) is 32.0 Å². The van der Waals surface area contributed by atoms with E-state index in [2.05, 4.69) is 15.6 Å².